The second-order valence-corrected chi connectivity index (χ2v) is 8.70. The van der Waals surface area contributed by atoms with Crippen LogP contribution in [0.2, 0.25) is 0 Å². The van der Waals surface area contributed by atoms with Crippen molar-refractivity contribution in [2.75, 3.05) is 19.6 Å². The molecular weight excluding hydrogens is 368 g/mol. The van der Waals surface area contributed by atoms with E-state index in [1.807, 2.05) is 18.2 Å². The van der Waals surface area contributed by atoms with E-state index >= 15 is 0 Å². The first-order chi connectivity index (χ1) is 13.7. The largest absolute Gasteiger partial charge is 0.392 e. The summed E-state index contributed by atoms with van der Waals surface area (Å²) in [6.45, 7) is 3.27. The fraction of sp³-hybridized carbons (Fsp3) is 0.478. The Hall–Kier alpha value is -1.37. The van der Waals surface area contributed by atoms with Gasteiger partial charge in [-0.3, -0.25) is 0 Å². The van der Waals surface area contributed by atoms with E-state index in [1.54, 1.807) is 11.8 Å². The predicted octanol–water partition coefficient (Wildman–Crippen LogP) is 3.70. The summed E-state index contributed by atoms with van der Waals surface area (Å²) < 4.78 is 0. The average Bonchev–Trinajstić information content (AvgIpc) is 2.72. The maximum absolute atomic E-state index is 10.5. The van der Waals surface area contributed by atoms with Crippen molar-refractivity contribution < 1.29 is 10.2 Å². The Morgan fingerprint density at radius 1 is 0.821 bits per heavy atom. The highest BCUT2D eigenvalue weighted by molar-refractivity contribution is 7.99. The van der Waals surface area contributed by atoms with Crippen molar-refractivity contribution in [3.63, 3.8) is 0 Å². The Morgan fingerprint density at radius 2 is 1.43 bits per heavy atom. The van der Waals surface area contributed by atoms with E-state index in [9.17, 15) is 10.2 Å². The van der Waals surface area contributed by atoms with Crippen LogP contribution >= 0.6 is 11.8 Å². The summed E-state index contributed by atoms with van der Waals surface area (Å²) in [5, 5.41) is 27.0. The van der Waals surface area contributed by atoms with Crippen LogP contribution in [-0.2, 0) is 13.2 Å². The second-order valence-electron chi connectivity index (χ2n) is 7.61. The minimum atomic E-state index is -0.498. The third kappa shape index (κ3) is 6.33. The van der Waals surface area contributed by atoms with E-state index in [2.05, 4.69) is 41.0 Å². The second kappa shape index (κ2) is 11.0. The molecule has 0 bridgehead atoms. The number of nitrogens with one attached hydrogen (secondary N) is 2. The maximum Gasteiger partial charge on any atom is 0.0771 e. The topological polar surface area (TPSA) is 64.5 Å². The van der Waals surface area contributed by atoms with Crippen LogP contribution in [0.5, 0.6) is 0 Å². The summed E-state index contributed by atoms with van der Waals surface area (Å²) in [5.41, 5.74) is 1.72. The quantitative estimate of drug-likeness (QED) is 0.458. The molecule has 2 aromatic carbocycles. The molecule has 0 aliphatic heterocycles. The molecule has 4 nitrogen and oxygen atoms in total. The van der Waals surface area contributed by atoms with Crippen molar-refractivity contribution in [2.45, 2.75) is 60.6 Å². The van der Waals surface area contributed by atoms with Gasteiger partial charge >= 0.3 is 0 Å². The Bertz CT molecular complexity index is 732. The molecule has 0 heterocycles. The van der Waals surface area contributed by atoms with Crippen LogP contribution in [0.25, 0.3) is 0 Å². The summed E-state index contributed by atoms with van der Waals surface area (Å²) in [6.07, 6.45) is 5.39. The normalized spacial score (nSPS) is 16.2. The first-order valence-electron chi connectivity index (χ1n) is 10.3. The molecule has 1 aliphatic carbocycles. The van der Waals surface area contributed by atoms with Gasteiger partial charge in [0, 0.05) is 36.0 Å². The van der Waals surface area contributed by atoms with Crippen molar-refractivity contribution in [1.82, 2.24) is 10.6 Å². The molecule has 0 atom stereocenters. The Morgan fingerprint density at radius 3 is 2.14 bits per heavy atom. The standard InChI is InChI=1S/C23H32N2O2S/c26-17-20-9-3-5-11-22(20)28-21-10-4-2-8-19(21)16-24-14-15-25-18-23(27)12-6-1-7-13-23/h2-5,8-11,24-27H,1,6-7,12-18H2. The zero-order valence-corrected chi connectivity index (χ0v) is 17.3. The van der Waals surface area contributed by atoms with Crippen molar-refractivity contribution >= 4 is 11.8 Å². The monoisotopic (exact) mass is 400 g/mol. The Labute approximate surface area is 172 Å². The van der Waals surface area contributed by atoms with E-state index in [-0.39, 0.29) is 6.61 Å². The molecule has 0 spiro atoms. The molecule has 0 aromatic heterocycles. The first-order valence-corrected chi connectivity index (χ1v) is 11.1. The van der Waals surface area contributed by atoms with Crippen LogP contribution in [0.3, 0.4) is 0 Å². The molecule has 2 aromatic rings. The van der Waals surface area contributed by atoms with Crippen molar-refractivity contribution in [1.29, 1.82) is 0 Å². The van der Waals surface area contributed by atoms with Crippen molar-refractivity contribution in [3.05, 3.63) is 59.7 Å². The van der Waals surface area contributed by atoms with E-state index in [0.717, 1.165) is 55.8 Å². The molecular formula is C23H32N2O2S. The van der Waals surface area contributed by atoms with E-state index in [4.69, 9.17) is 0 Å². The molecule has 1 saturated carbocycles. The number of hydrogen-bond acceptors (Lipinski definition) is 5. The number of benzene rings is 2. The van der Waals surface area contributed by atoms with Gasteiger partial charge in [0.25, 0.3) is 0 Å². The van der Waals surface area contributed by atoms with Gasteiger partial charge < -0.3 is 20.8 Å². The van der Waals surface area contributed by atoms with Crippen molar-refractivity contribution in [2.24, 2.45) is 0 Å². The van der Waals surface area contributed by atoms with Gasteiger partial charge in [0.05, 0.1) is 12.2 Å². The molecule has 1 aliphatic rings. The maximum atomic E-state index is 10.5. The lowest BCUT2D eigenvalue weighted by molar-refractivity contribution is 0.00518. The fourth-order valence-electron chi connectivity index (χ4n) is 3.71. The zero-order chi connectivity index (χ0) is 19.7. The molecule has 0 unspecified atom stereocenters. The molecule has 152 valence electrons. The van der Waals surface area contributed by atoms with Crippen LogP contribution in [-0.4, -0.2) is 35.4 Å². The summed E-state index contributed by atoms with van der Waals surface area (Å²) in [7, 11) is 0. The van der Waals surface area contributed by atoms with E-state index < -0.39 is 5.60 Å². The van der Waals surface area contributed by atoms with Crippen LogP contribution in [0.15, 0.2) is 58.3 Å². The van der Waals surface area contributed by atoms with Gasteiger partial charge in [-0.25, -0.2) is 0 Å². The third-order valence-electron chi connectivity index (χ3n) is 5.37. The average molecular weight is 401 g/mol. The lowest BCUT2D eigenvalue weighted by Gasteiger charge is -2.32. The van der Waals surface area contributed by atoms with Gasteiger partial charge in [-0.15, -0.1) is 0 Å². The highest BCUT2D eigenvalue weighted by Crippen LogP contribution is 2.32. The lowest BCUT2D eigenvalue weighted by atomic mass is 9.85. The molecule has 4 N–H and O–H groups in total. The Balaban J connectivity index is 1.45. The predicted molar refractivity (Wildman–Crippen MR) is 116 cm³/mol. The summed E-state index contributed by atoms with van der Waals surface area (Å²) in [4.78, 5) is 2.31. The highest BCUT2D eigenvalue weighted by atomic mass is 32.2. The van der Waals surface area contributed by atoms with Crippen LogP contribution in [0.4, 0.5) is 0 Å². The molecule has 0 saturated heterocycles. The minimum absolute atomic E-state index is 0.0572. The fourth-order valence-corrected chi connectivity index (χ4v) is 4.77. The zero-order valence-electron chi connectivity index (χ0n) is 16.5. The molecule has 28 heavy (non-hydrogen) atoms. The molecule has 1 fully saturated rings. The van der Waals surface area contributed by atoms with Gasteiger partial charge in [-0.05, 0) is 36.1 Å². The van der Waals surface area contributed by atoms with Gasteiger partial charge in [0.15, 0.2) is 0 Å². The first kappa shape index (κ1) is 21.3. The highest BCUT2D eigenvalue weighted by Gasteiger charge is 2.28. The van der Waals surface area contributed by atoms with E-state index in [1.165, 1.54) is 16.9 Å². The lowest BCUT2D eigenvalue weighted by Crippen LogP contribution is -2.43. The number of aliphatic hydroxyl groups excluding tert-OH is 1. The van der Waals surface area contributed by atoms with E-state index in [0.29, 0.717) is 6.54 Å². The van der Waals surface area contributed by atoms with Gasteiger partial charge in [0.2, 0.25) is 0 Å². The smallest absolute Gasteiger partial charge is 0.0771 e. The summed E-state index contributed by atoms with van der Waals surface area (Å²) in [6, 6.07) is 16.4. The van der Waals surface area contributed by atoms with Gasteiger partial charge in [0.1, 0.15) is 0 Å². The van der Waals surface area contributed by atoms with Crippen molar-refractivity contribution in [3.8, 4) is 0 Å². The molecule has 3 rings (SSSR count). The SMILES string of the molecule is OCc1ccccc1Sc1ccccc1CNCCNCC1(O)CCCCC1. The van der Waals surface area contributed by atoms with Crippen LogP contribution in [0.1, 0.15) is 43.2 Å². The number of hydrogen-bond donors (Lipinski definition) is 4. The number of aliphatic hydroxyl groups is 2. The summed E-state index contributed by atoms with van der Waals surface area (Å²) >= 11 is 1.70. The number of rotatable bonds is 10. The van der Waals surface area contributed by atoms with Crippen LogP contribution < -0.4 is 10.6 Å². The molecule has 0 radical (unpaired) electrons. The third-order valence-corrected chi connectivity index (χ3v) is 6.60. The van der Waals surface area contributed by atoms with Crippen LogP contribution in [0, 0.1) is 0 Å². The molecule has 0 amide bonds. The summed E-state index contributed by atoms with van der Waals surface area (Å²) in [5.74, 6) is 0. The van der Waals surface area contributed by atoms with Gasteiger partial charge in [-0.1, -0.05) is 67.4 Å². The molecule has 5 heteroatoms. The Kier molecular flexibility index (Phi) is 8.37. The van der Waals surface area contributed by atoms with Gasteiger partial charge in [-0.2, -0.15) is 0 Å². The minimum Gasteiger partial charge on any atom is -0.392 e.